The molecule has 118 valence electrons. The van der Waals surface area contributed by atoms with Crippen molar-refractivity contribution in [2.75, 3.05) is 20.8 Å². The van der Waals surface area contributed by atoms with Crippen molar-refractivity contribution in [1.29, 1.82) is 0 Å². The van der Waals surface area contributed by atoms with Gasteiger partial charge in [-0.05, 0) is 33.6 Å². The highest BCUT2D eigenvalue weighted by atomic mass is 16.7. The van der Waals surface area contributed by atoms with Crippen LogP contribution in [0.1, 0.15) is 33.6 Å². The minimum absolute atomic E-state index is 0.0377. The lowest BCUT2D eigenvalue weighted by Gasteiger charge is -2.33. The molecule has 0 aromatic carbocycles. The number of aliphatic hydroxyl groups excluding tert-OH is 1. The molecule has 20 heavy (non-hydrogen) atoms. The molecule has 0 aromatic rings. The molecule has 1 saturated heterocycles. The summed E-state index contributed by atoms with van der Waals surface area (Å²) < 4.78 is 10.9. The second-order valence-corrected chi connectivity index (χ2v) is 5.86. The fourth-order valence-corrected chi connectivity index (χ4v) is 1.94. The number of hydroxylamine groups is 2. The van der Waals surface area contributed by atoms with Gasteiger partial charge in [-0.2, -0.15) is 0 Å². The van der Waals surface area contributed by atoms with E-state index in [9.17, 15) is 9.90 Å². The van der Waals surface area contributed by atoms with Gasteiger partial charge < -0.3 is 14.6 Å². The molecule has 1 unspecified atom stereocenters. The Morgan fingerprint density at radius 2 is 2.10 bits per heavy atom. The molecule has 0 saturated carbocycles. The standard InChI is InChI=1S/C13H26N2O5/c1-13(2,3)20-12(17)14-9-6-7-10(19-8-9)11(16)15(4)18-5/h9-10,12,14,17H,6-8H2,1-5H3/t9-,10+,12?/m1/s1. The molecule has 0 aliphatic carbocycles. The van der Waals surface area contributed by atoms with Crippen LogP contribution < -0.4 is 5.32 Å². The highest BCUT2D eigenvalue weighted by molar-refractivity contribution is 5.79. The smallest absolute Gasteiger partial charge is 0.274 e. The van der Waals surface area contributed by atoms with E-state index in [0.29, 0.717) is 13.0 Å². The van der Waals surface area contributed by atoms with Crippen LogP contribution >= 0.6 is 0 Å². The van der Waals surface area contributed by atoms with Crippen LogP contribution in [-0.2, 0) is 19.1 Å². The van der Waals surface area contributed by atoms with Gasteiger partial charge in [-0.15, -0.1) is 0 Å². The predicted molar refractivity (Wildman–Crippen MR) is 72.5 cm³/mol. The number of hydrogen-bond donors (Lipinski definition) is 2. The molecule has 0 bridgehead atoms. The zero-order valence-corrected chi connectivity index (χ0v) is 12.9. The van der Waals surface area contributed by atoms with Crippen molar-refractivity contribution < 1.29 is 24.2 Å². The number of rotatable bonds is 5. The Bertz CT molecular complexity index is 310. The SMILES string of the molecule is CON(C)C(=O)[C@@H]1CC[C@@H](NC(O)OC(C)(C)C)CO1. The maximum atomic E-state index is 11.8. The van der Waals surface area contributed by atoms with E-state index in [-0.39, 0.29) is 11.9 Å². The number of ether oxygens (including phenoxy) is 2. The molecule has 1 fully saturated rings. The number of amides is 1. The minimum atomic E-state index is -1.04. The highest BCUT2D eigenvalue weighted by Gasteiger charge is 2.30. The Labute approximate surface area is 120 Å². The maximum Gasteiger partial charge on any atom is 0.274 e. The van der Waals surface area contributed by atoms with E-state index < -0.39 is 18.1 Å². The Balaban J connectivity index is 2.34. The summed E-state index contributed by atoms with van der Waals surface area (Å²) in [7, 11) is 2.99. The van der Waals surface area contributed by atoms with E-state index in [1.165, 1.54) is 7.11 Å². The van der Waals surface area contributed by atoms with Crippen molar-refractivity contribution in [3.63, 3.8) is 0 Å². The molecule has 1 rings (SSSR count). The molecule has 3 atom stereocenters. The zero-order chi connectivity index (χ0) is 15.3. The molecule has 7 nitrogen and oxygen atoms in total. The fourth-order valence-electron chi connectivity index (χ4n) is 1.94. The number of hydrogen-bond acceptors (Lipinski definition) is 6. The van der Waals surface area contributed by atoms with Crippen molar-refractivity contribution in [3.8, 4) is 0 Å². The van der Waals surface area contributed by atoms with Crippen LogP contribution in [0.3, 0.4) is 0 Å². The van der Waals surface area contributed by atoms with Gasteiger partial charge in [0.05, 0.1) is 19.3 Å². The number of nitrogens with one attached hydrogen (secondary N) is 1. The maximum absolute atomic E-state index is 11.8. The summed E-state index contributed by atoms with van der Waals surface area (Å²) in [5.74, 6) is -0.197. The van der Waals surface area contributed by atoms with Crippen LogP contribution in [0, 0.1) is 0 Å². The summed E-state index contributed by atoms with van der Waals surface area (Å²) in [6.45, 7) is 5.94. The van der Waals surface area contributed by atoms with Crippen LogP contribution in [-0.4, -0.2) is 61.0 Å². The first-order valence-corrected chi connectivity index (χ1v) is 6.78. The van der Waals surface area contributed by atoms with Gasteiger partial charge >= 0.3 is 0 Å². The van der Waals surface area contributed by atoms with Gasteiger partial charge in [0.1, 0.15) is 6.10 Å². The van der Waals surface area contributed by atoms with Gasteiger partial charge in [-0.3, -0.25) is 14.9 Å². The van der Waals surface area contributed by atoms with Crippen LogP contribution in [0.15, 0.2) is 0 Å². The molecule has 1 aliphatic heterocycles. The number of aliphatic hydroxyl groups is 1. The van der Waals surface area contributed by atoms with E-state index in [0.717, 1.165) is 11.5 Å². The lowest BCUT2D eigenvalue weighted by molar-refractivity contribution is -0.196. The Morgan fingerprint density at radius 3 is 2.55 bits per heavy atom. The lowest BCUT2D eigenvalue weighted by atomic mass is 10.0. The summed E-state index contributed by atoms with van der Waals surface area (Å²) in [5, 5.41) is 13.8. The molecular formula is C13H26N2O5. The number of likely N-dealkylation sites (N-methyl/N-ethyl adjacent to an activating group) is 1. The van der Waals surface area contributed by atoms with E-state index >= 15 is 0 Å². The van der Waals surface area contributed by atoms with Crippen molar-refractivity contribution >= 4 is 5.91 Å². The van der Waals surface area contributed by atoms with Gasteiger partial charge in [0.15, 0.2) is 0 Å². The van der Waals surface area contributed by atoms with E-state index in [1.807, 2.05) is 20.8 Å². The van der Waals surface area contributed by atoms with Crippen molar-refractivity contribution in [1.82, 2.24) is 10.4 Å². The van der Waals surface area contributed by atoms with Crippen LogP contribution in [0.5, 0.6) is 0 Å². The number of carbonyl (C=O) groups excluding carboxylic acids is 1. The van der Waals surface area contributed by atoms with Crippen LogP contribution in [0.2, 0.25) is 0 Å². The van der Waals surface area contributed by atoms with Gasteiger partial charge in [0.25, 0.3) is 5.91 Å². The van der Waals surface area contributed by atoms with E-state index in [4.69, 9.17) is 14.3 Å². The Morgan fingerprint density at radius 1 is 1.45 bits per heavy atom. The second kappa shape index (κ2) is 7.33. The summed E-state index contributed by atoms with van der Waals surface area (Å²) >= 11 is 0. The molecular weight excluding hydrogens is 264 g/mol. The van der Waals surface area contributed by atoms with Crippen molar-refractivity contribution in [2.24, 2.45) is 0 Å². The summed E-state index contributed by atoms with van der Waals surface area (Å²) in [4.78, 5) is 16.7. The zero-order valence-electron chi connectivity index (χ0n) is 12.9. The van der Waals surface area contributed by atoms with Crippen LogP contribution in [0.25, 0.3) is 0 Å². The molecule has 1 heterocycles. The molecule has 0 radical (unpaired) electrons. The monoisotopic (exact) mass is 290 g/mol. The first-order chi connectivity index (χ1) is 9.23. The number of nitrogens with zero attached hydrogens (tertiary/aromatic N) is 1. The third kappa shape index (κ3) is 5.72. The quantitative estimate of drug-likeness (QED) is 0.557. The fraction of sp³-hybridized carbons (Fsp3) is 0.923. The summed E-state index contributed by atoms with van der Waals surface area (Å²) in [6, 6.07) is -0.0377. The normalized spacial score (nSPS) is 25.3. The average molecular weight is 290 g/mol. The topological polar surface area (TPSA) is 80.3 Å². The number of carbonyl (C=O) groups is 1. The third-order valence-electron chi connectivity index (χ3n) is 2.98. The first-order valence-electron chi connectivity index (χ1n) is 6.78. The highest BCUT2D eigenvalue weighted by Crippen LogP contribution is 2.17. The van der Waals surface area contributed by atoms with Gasteiger partial charge in [-0.1, -0.05) is 0 Å². The Hall–Kier alpha value is -0.730. The first kappa shape index (κ1) is 17.3. The Kier molecular flexibility index (Phi) is 6.35. The van der Waals surface area contributed by atoms with Gasteiger partial charge in [0.2, 0.25) is 6.41 Å². The molecule has 1 aliphatic rings. The van der Waals surface area contributed by atoms with Gasteiger partial charge in [0, 0.05) is 13.1 Å². The summed E-state index contributed by atoms with van der Waals surface area (Å²) in [6.07, 6.45) is -0.235. The van der Waals surface area contributed by atoms with Gasteiger partial charge in [-0.25, -0.2) is 5.06 Å². The molecule has 0 spiro atoms. The lowest BCUT2D eigenvalue weighted by Crippen LogP contribution is -2.50. The molecule has 1 amide bonds. The average Bonchev–Trinajstić information content (AvgIpc) is 2.35. The largest absolute Gasteiger partial charge is 0.367 e. The van der Waals surface area contributed by atoms with Crippen molar-refractivity contribution in [3.05, 3.63) is 0 Å². The molecule has 2 N–H and O–H groups in total. The summed E-state index contributed by atoms with van der Waals surface area (Å²) in [5.41, 5.74) is -0.429. The van der Waals surface area contributed by atoms with E-state index in [1.54, 1.807) is 7.05 Å². The molecule has 7 heteroatoms. The second-order valence-electron chi connectivity index (χ2n) is 5.86. The predicted octanol–water partition coefficient (Wildman–Crippen LogP) is 0.234. The molecule has 0 aromatic heterocycles. The van der Waals surface area contributed by atoms with Crippen molar-refractivity contribution in [2.45, 2.75) is 57.8 Å². The van der Waals surface area contributed by atoms with E-state index in [2.05, 4.69) is 5.32 Å². The van der Waals surface area contributed by atoms with Crippen LogP contribution in [0.4, 0.5) is 0 Å². The third-order valence-corrected chi connectivity index (χ3v) is 2.98. The minimum Gasteiger partial charge on any atom is -0.367 e.